The van der Waals surface area contributed by atoms with Gasteiger partial charge in [0.2, 0.25) is 0 Å². The molecule has 1 aromatic carbocycles. The third kappa shape index (κ3) is 3.26. The normalized spacial score (nSPS) is 21.4. The molecule has 2 atom stereocenters. The molecule has 1 fully saturated rings. The van der Waals surface area contributed by atoms with E-state index in [0.717, 1.165) is 26.2 Å². The first-order valence-electron chi connectivity index (χ1n) is 6.86. The summed E-state index contributed by atoms with van der Waals surface area (Å²) in [6.45, 7) is 4.87. The Bertz CT molecular complexity index is 534. The molecule has 102 valence electrons. The summed E-state index contributed by atoms with van der Waals surface area (Å²) in [5, 5.41) is 10.5. The van der Waals surface area contributed by atoms with Crippen molar-refractivity contribution < 1.29 is 4.74 Å². The SMILES string of the molecule is CC(CC1COCCN1)Nc1ccc2sccc2c1. The lowest BCUT2D eigenvalue weighted by Crippen LogP contribution is -2.43. The number of ether oxygens (including phenoxy) is 1. The van der Waals surface area contributed by atoms with E-state index in [0.29, 0.717) is 12.1 Å². The van der Waals surface area contributed by atoms with Crippen molar-refractivity contribution in [2.45, 2.75) is 25.4 Å². The van der Waals surface area contributed by atoms with Crippen LogP contribution in [0, 0.1) is 0 Å². The first-order valence-corrected chi connectivity index (χ1v) is 7.74. The molecule has 1 aliphatic rings. The zero-order chi connectivity index (χ0) is 13.1. The second kappa shape index (κ2) is 5.90. The standard InChI is InChI=1S/C15H20N2OS/c1-11(8-14-10-18-6-5-16-14)17-13-2-3-15-12(9-13)4-7-19-15/h2-4,7,9,11,14,16-17H,5-6,8,10H2,1H3. The number of rotatable bonds is 4. The first kappa shape index (κ1) is 12.9. The van der Waals surface area contributed by atoms with E-state index in [9.17, 15) is 0 Å². The van der Waals surface area contributed by atoms with Crippen molar-refractivity contribution in [3.63, 3.8) is 0 Å². The Hall–Kier alpha value is -1.10. The van der Waals surface area contributed by atoms with Crippen molar-refractivity contribution >= 4 is 27.1 Å². The Morgan fingerprint density at radius 2 is 2.42 bits per heavy atom. The summed E-state index contributed by atoms with van der Waals surface area (Å²) in [6, 6.07) is 9.67. The summed E-state index contributed by atoms with van der Waals surface area (Å²) in [6.07, 6.45) is 1.08. The lowest BCUT2D eigenvalue weighted by molar-refractivity contribution is 0.0731. The summed E-state index contributed by atoms with van der Waals surface area (Å²) in [5.41, 5.74) is 1.20. The van der Waals surface area contributed by atoms with Gasteiger partial charge in [0.25, 0.3) is 0 Å². The maximum absolute atomic E-state index is 5.49. The molecule has 4 heteroatoms. The summed E-state index contributed by atoms with van der Waals surface area (Å²) < 4.78 is 6.84. The van der Waals surface area contributed by atoms with Crippen LogP contribution in [-0.2, 0) is 4.74 Å². The number of thiophene rings is 1. The molecule has 0 amide bonds. The van der Waals surface area contributed by atoms with E-state index in [1.54, 1.807) is 11.3 Å². The molecule has 1 aliphatic heterocycles. The summed E-state index contributed by atoms with van der Waals surface area (Å²) >= 11 is 1.79. The van der Waals surface area contributed by atoms with Crippen molar-refractivity contribution in [2.24, 2.45) is 0 Å². The number of hydrogen-bond acceptors (Lipinski definition) is 4. The number of anilines is 1. The van der Waals surface area contributed by atoms with Gasteiger partial charge in [0, 0.05) is 29.0 Å². The monoisotopic (exact) mass is 276 g/mol. The van der Waals surface area contributed by atoms with Gasteiger partial charge in [-0.25, -0.2) is 0 Å². The molecule has 0 bridgehead atoms. The highest BCUT2D eigenvalue weighted by Gasteiger charge is 2.16. The number of benzene rings is 1. The van der Waals surface area contributed by atoms with Gasteiger partial charge < -0.3 is 15.4 Å². The van der Waals surface area contributed by atoms with E-state index in [1.807, 2.05) is 0 Å². The minimum Gasteiger partial charge on any atom is -0.383 e. The molecule has 2 N–H and O–H groups in total. The quantitative estimate of drug-likeness (QED) is 0.900. The lowest BCUT2D eigenvalue weighted by Gasteiger charge is -2.27. The van der Waals surface area contributed by atoms with Gasteiger partial charge in [0.05, 0.1) is 13.2 Å². The molecular weight excluding hydrogens is 256 g/mol. The molecular formula is C15H20N2OS. The fraction of sp³-hybridized carbons (Fsp3) is 0.467. The molecule has 19 heavy (non-hydrogen) atoms. The van der Waals surface area contributed by atoms with E-state index in [2.05, 4.69) is 47.2 Å². The predicted octanol–water partition coefficient (Wildman–Crippen LogP) is 3.08. The molecule has 0 spiro atoms. The number of fused-ring (bicyclic) bond motifs is 1. The minimum atomic E-state index is 0.440. The second-order valence-corrected chi connectivity index (χ2v) is 6.13. The van der Waals surface area contributed by atoms with Gasteiger partial charge in [-0.05, 0) is 48.4 Å². The van der Waals surface area contributed by atoms with Gasteiger partial charge in [-0.2, -0.15) is 0 Å². The highest BCUT2D eigenvalue weighted by molar-refractivity contribution is 7.17. The number of morpholine rings is 1. The Balaban J connectivity index is 1.59. The van der Waals surface area contributed by atoms with Crippen LogP contribution >= 0.6 is 11.3 Å². The summed E-state index contributed by atoms with van der Waals surface area (Å²) in [5.74, 6) is 0. The van der Waals surface area contributed by atoms with E-state index in [1.165, 1.54) is 15.8 Å². The Morgan fingerprint density at radius 3 is 3.26 bits per heavy atom. The molecule has 2 unspecified atom stereocenters. The van der Waals surface area contributed by atoms with Crippen LogP contribution in [0.3, 0.4) is 0 Å². The van der Waals surface area contributed by atoms with Crippen LogP contribution < -0.4 is 10.6 Å². The molecule has 3 nitrogen and oxygen atoms in total. The molecule has 0 radical (unpaired) electrons. The van der Waals surface area contributed by atoms with Crippen LogP contribution in [0.2, 0.25) is 0 Å². The second-order valence-electron chi connectivity index (χ2n) is 5.18. The van der Waals surface area contributed by atoms with Crippen molar-refractivity contribution in [1.29, 1.82) is 0 Å². The van der Waals surface area contributed by atoms with Gasteiger partial charge in [0.15, 0.2) is 0 Å². The predicted molar refractivity (Wildman–Crippen MR) is 82.1 cm³/mol. The fourth-order valence-electron chi connectivity index (χ4n) is 2.60. The minimum absolute atomic E-state index is 0.440. The molecule has 0 saturated carbocycles. The van der Waals surface area contributed by atoms with Crippen LogP contribution in [0.5, 0.6) is 0 Å². The average Bonchev–Trinajstić information content (AvgIpc) is 2.87. The zero-order valence-corrected chi connectivity index (χ0v) is 12.0. The van der Waals surface area contributed by atoms with E-state index >= 15 is 0 Å². The Morgan fingerprint density at radius 1 is 1.47 bits per heavy atom. The average molecular weight is 276 g/mol. The molecule has 2 aromatic rings. The molecule has 1 aromatic heterocycles. The maximum atomic E-state index is 5.49. The third-order valence-corrected chi connectivity index (χ3v) is 4.40. The largest absolute Gasteiger partial charge is 0.383 e. The molecule has 0 aliphatic carbocycles. The fourth-order valence-corrected chi connectivity index (χ4v) is 3.37. The first-order chi connectivity index (χ1) is 9.31. The van der Waals surface area contributed by atoms with E-state index in [4.69, 9.17) is 4.74 Å². The Labute approximate surface area is 118 Å². The lowest BCUT2D eigenvalue weighted by atomic mass is 10.1. The summed E-state index contributed by atoms with van der Waals surface area (Å²) in [7, 11) is 0. The van der Waals surface area contributed by atoms with Crippen molar-refractivity contribution in [3.05, 3.63) is 29.6 Å². The maximum Gasteiger partial charge on any atom is 0.0621 e. The van der Waals surface area contributed by atoms with Crippen LogP contribution in [0.1, 0.15) is 13.3 Å². The van der Waals surface area contributed by atoms with Gasteiger partial charge in [-0.15, -0.1) is 11.3 Å². The number of nitrogens with one attached hydrogen (secondary N) is 2. The van der Waals surface area contributed by atoms with Gasteiger partial charge in [-0.1, -0.05) is 0 Å². The van der Waals surface area contributed by atoms with Crippen LogP contribution in [0.4, 0.5) is 5.69 Å². The van der Waals surface area contributed by atoms with E-state index in [-0.39, 0.29) is 0 Å². The van der Waals surface area contributed by atoms with Crippen LogP contribution in [0.15, 0.2) is 29.6 Å². The van der Waals surface area contributed by atoms with E-state index < -0.39 is 0 Å². The smallest absolute Gasteiger partial charge is 0.0621 e. The van der Waals surface area contributed by atoms with Crippen molar-refractivity contribution in [3.8, 4) is 0 Å². The zero-order valence-electron chi connectivity index (χ0n) is 11.2. The summed E-state index contributed by atoms with van der Waals surface area (Å²) in [4.78, 5) is 0. The van der Waals surface area contributed by atoms with Crippen LogP contribution in [-0.4, -0.2) is 31.8 Å². The molecule has 2 heterocycles. The Kier molecular flexibility index (Phi) is 4.01. The number of hydrogen-bond donors (Lipinski definition) is 2. The molecule has 3 rings (SSSR count). The van der Waals surface area contributed by atoms with Crippen molar-refractivity contribution in [2.75, 3.05) is 25.1 Å². The van der Waals surface area contributed by atoms with Gasteiger partial charge in [-0.3, -0.25) is 0 Å². The molecule has 1 saturated heterocycles. The topological polar surface area (TPSA) is 33.3 Å². The third-order valence-electron chi connectivity index (χ3n) is 3.50. The highest BCUT2D eigenvalue weighted by Crippen LogP contribution is 2.24. The van der Waals surface area contributed by atoms with Gasteiger partial charge >= 0.3 is 0 Å². The van der Waals surface area contributed by atoms with Crippen molar-refractivity contribution in [1.82, 2.24) is 5.32 Å². The van der Waals surface area contributed by atoms with Gasteiger partial charge in [0.1, 0.15) is 0 Å². The highest BCUT2D eigenvalue weighted by atomic mass is 32.1. The van der Waals surface area contributed by atoms with Crippen LogP contribution in [0.25, 0.3) is 10.1 Å².